The van der Waals surface area contributed by atoms with Crippen molar-refractivity contribution in [2.24, 2.45) is 0 Å². The first-order valence-electron chi connectivity index (χ1n) is 8.90. The van der Waals surface area contributed by atoms with Crippen LogP contribution in [0.3, 0.4) is 0 Å². The molecule has 2 aromatic carbocycles. The van der Waals surface area contributed by atoms with Gasteiger partial charge in [0.1, 0.15) is 5.82 Å². The molecule has 0 aliphatic carbocycles. The lowest BCUT2D eigenvalue weighted by molar-refractivity contribution is 0.496. The molecule has 2 heterocycles. The Bertz CT molecular complexity index is 1260. The lowest BCUT2D eigenvalue weighted by atomic mass is 10.2. The van der Waals surface area contributed by atoms with Gasteiger partial charge in [-0.3, -0.25) is 0 Å². The molecule has 4 rings (SSSR count). The van der Waals surface area contributed by atoms with Crippen molar-refractivity contribution in [3.05, 3.63) is 82.6 Å². The van der Waals surface area contributed by atoms with E-state index < -0.39 is 10.0 Å². The third kappa shape index (κ3) is 3.94. The zero-order chi connectivity index (χ0) is 20.4. The second-order valence-electron chi connectivity index (χ2n) is 6.44. The fraction of sp³-hybridized carbons (Fsp3) is 0.0952. The summed E-state index contributed by atoms with van der Waals surface area (Å²) < 4.78 is 40.1. The van der Waals surface area contributed by atoms with E-state index >= 15 is 4.48 Å². The van der Waals surface area contributed by atoms with Crippen LogP contribution in [0.4, 0.5) is 16.0 Å². The summed E-state index contributed by atoms with van der Waals surface area (Å²) >= 11 is 1.70. The number of nitrogens with zero attached hydrogens (tertiary/aromatic N) is 2. The van der Waals surface area contributed by atoms with Crippen LogP contribution < -0.4 is 9.84 Å². The molecule has 8 heteroatoms. The number of benzene rings is 2. The van der Waals surface area contributed by atoms with E-state index in [0.29, 0.717) is 23.3 Å². The highest BCUT2D eigenvalue weighted by molar-refractivity contribution is 7.92. The maximum Gasteiger partial charge on any atom is 0.290 e. The van der Waals surface area contributed by atoms with Crippen molar-refractivity contribution in [3.63, 3.8) is 0 Å². The average molecular weight is 428 g/mol. The molecule has 4 aromatic rings. The molecule has 0 fully saturated rings. The van der Waals surface area contributed by atoms with Gasteiger partial charge in [0.25, 0.3) is 10.0 Å². The number of halogens is 1. The number of fused-ring (bicyclic) bond motifs is 1. The molecule has 0 saturated carbocycles. The van der Waals surface area contributed by atoms with Crippen LogP contribution in [0.5, 0.6) is 0 Å². The van der Waals surface area contributed by atoms with Gasteiger partial charge in [-0.2, -0.15) is 8.42 Å². The second kappa shape index (κ2) is 7.81. The van der Waals surface area contributed by atoms with Crippen LogP contribution in [0.2, 0.25) is 0 Å². The summed E-state index contributed by atoms with van der Waals surface area (Å²) in [6.07, 6.45) is 0. The Morgan fingerprint density at radius 1 is 1.00 bits per heavy atom. The average Bonchev–Trinajstić information content (AvgIpc) is 3.17. The Labute approximate surface area is 172 Å². The highest BCUT2D eigenvalue weighted by Gasteiger charge is 2.26. The van der Waals surface area contributed by atoms with Crippen LogP contribution in [0, 0.1) is 6.92 Å². The first-order chi connectivity index (χ1) is 13.9. The Morgan fingerprint density at radius 2 is 1.79 bits per heavy atom. The van der Waals surface area contributed by atoms with E-state index in [2.05, 4.69) is 29.4 Å². The summed E-state index contributed by atoms with van der Waals surface area (Å²) in [4.78, 5) is 6.81. The number of hydrogen-bond donors (Lipinski definition) is 1. The van der Waals surface area contributed by atoms with Gasteiger partial charge < -0.3 is 5.32 Å². The molecule has 29 heavy (non-hydrogen) atoms. The van der Waals surface area contributed by atoms with Gasteiger partial charge >= 0.3 is 0 Å². The monoisotopic (exact) mass is 427 g/mol. The van der Waals surface area contributed by atoms with Crippen LogP contribution in [0.25, 0.3) is 10.9 Å². The van der Waals surface area contributed by atoms with Crippen molar-refractivity contribution < 1.29 is 12.9 Å². The summed E-state index contributed by atoms with van der Waals surface area (Å²) in [7, 11) is -4.31. The number of aromatic nitrogens is 1. The molecule has 0 unspecified atom stereocenters. The van der Waals surface area contributed by atoms with Crippen molar-refractivity contribution in [3.8, 4) is 0 Å². The van der Waals surface area contributed by atoms with Crippen molar-refractivity contribution in [2.75, 3.05) is 9.84 Å². The van der Waals surface area contributed by atoms with Gasteiger partial charge in [0.15, 0.2) is 0 Å². The van der Waals surface area contributed by atoms with E-state index in [1.807, 2.05) is 0 Å². The summed E-state index contributed by atoms with van der Waals surface area (Å²) in [5, 5.41) is 3.65. The molecule has 5 nitrogen and oxygen atoms in total. The minimum Gasteiger partial charge on any atom is -0.365 e. The van der Waals surface area contributed by atoms with Gasteiger partial charge in [-0.15, -0.1) is 11.3 Å². The van der Waals surface area contributed by atoms with Crippen molar-refractivity contribution >= 4 is 43.8 Å². The molecular weight excluding hydrogens is 409 g/mol. The summed E-state index contributed by atoms with van der Waals surface area (Å²) in [5.41, 5.74) is 0.431. The first-order valence-corrected chi connectivity index (χ1v) is 11.2. The van der Waals surface area contributed by atoms with E-state index in [1.165, 1.54) is 28.0 Å². The number of thiophene rings is 1. The van der Waals surface area contributed by atoms with Crippen molar-refractivity contribution in [2.45, 2.75) is 18.4 Å². The SMILES string of the molecule is Cc1ccc(CNc2ccc3c(N(F)S(=O)(=O)c4ccccc4)cccc3n2)s1. The van der Waals surface area contributed by atoms with Gasteiger partial charge in [0.05, 0.1) is 22.6 Å². The smallest absolute Gasteiger partial charge is 0.290 e. The zero-order valence-corrected chi connectivity index (χ0v) is 17.2. The molecule has 0 bridgehead atoms. The van der Waals surface area contributed by atoms with Crippen molar-refractivity contribution in [1.82, 2.24) is 4.98 Å². The van der Waals surface area contributed by atoms with Crippen molar-refractivity contribution in [1.29, 1.82) is 0 Å². The van der Waals surface area contributed by atoms with Gasteiger partial charge in [0.2, 0.25) is 0 Å². The molecule has 0 saturated heterocycles. The number of anilines is 2. The number of nitrogens with one attached hydrogen (secondary N) is 1. The summed E-state index contributed by atoms with van der Waals surface area (Å²) in [6, 6.07) is 19.7. The molecule has 0 atom stereocenters. The highest BCUT2D eigenvalue weighted by Crippen LogP contribution is 2.31. The number of rotatable bonds is 6. The molecular formula is C21H18FN3O2S2. The predicted molar refractivity (Wildman–Crippen MR) is 115 cm³/mol. The maximum atomic E-state index is 15.0. The normalized spacial score (nSPS) is 11.5. The molecule has 2 aromatic heterocycles. The largest absolute Gasteiger partial charge is 0.365 e. The Morgan fingerprint density at radius 3 is 2.52 bits per heavy atom. The first kappa shape index (κ1) is 19.4. The van der Waals surface area contributed by atoms with Gasteiger partial charge in [-0.05, 0) is 55.5 Å². The zero-order valence-electron chi connectivity index (χ0n) is 15.5. The van der Waals surface area contributed by atoms with Gasteiger partial charge in [0, 0.05) is 15.1 Å². The summed E-state index contributed by atoms with van der Waals surface area (Å²) in [5.74, 6) is 0.636. The second-order valence-corrected chi connectivity index (χ2v) is 9.55. The van der Waals surface area contributed by atoms with E-state index in [1.54, 1.807) is 53.8 Å². The molecule has 1 N–H and O–H groups in total. The maximum absolute atomic E-state index is 15.0. The Hall–Kier alpha value is -2.97. The minimum absolute atomic E-state index is 0.0701. The number of pyridine rings is 1. The lowest BCUT2D eigenvalue weighted by Crippen LogP contribution is -2.22. The Balaban J connectivity index is 1.64. The minimum atomic E-state index is -4.31. The van der Waals surface area contributed by atoms with E-state index in [0.717, 1.165) is 0 Å². The van der Waals surface area contributed by atoms with E-state index in [-0.39, 0.29) is 15.1 Å². The van der Waals surface area contributed by atoms with Crippen LogP contribution in [0.1, 0.15) is 9.75 Å². The molecule has 0 aliphatic heterocycles. The molecule has 0 spiro atoms. The third-order valence-corrected chi connectivity index (χ3v) is 6.88. The quantitative estimate of drug-likeness (QED) is 0.424. The number of hydrogen-bond acceptors (Lipinski definition) is 5. The van der Waals surface area contributed by atoms with Crippen LogP contribution in [-0.2, 0) is 16.6 Å². The topological polar surface area (TPSA) is 62.3 Å². The number of aryl methyl sites for hydroxylation is 1. The van der Waals surface area contributed by atoms with Gasteiger partial charge in [-0.25, -0.2) is 4.98 Å². The lowest BCUT2D eigenvalue weighted by Gasteiger charge is -2.16. The van der Waals surface area contributed by atoms with E-state index in [4.69, 9.17) is 0 Å². The molecule has 0 radical (unpaired) electrons. The van der Waals surface area contributed by atoms with Crippen LogP contribution in [0.15, 0.2) is 77.7 Å². The van der Waals surface area contributed by atoms with Crippen LogP contribution in [-0.4, -0.2) is 13.4 Å². The van der Waals surface area contributed by atoms with Gasteiger partial charge in [-0.1, -0.05) is 33.3 Å². The fourth-order valence-electron chi connectivity index (χ4n) is 2.96. The molecule has 0 amide bonds. The highest BCUT2D eigenvalue weighted by atomic mass is 32.2. The predicted octanol–water partition coefficient (Wildman–Crippen LogP) is 5.30. The summed E-state index contributed by atoms with van der Waals surface area (Å²) in [6.45, 7) is 2.69. The van der Waals surface area contributed by atoms with E-state index in [9.17, 15) is 8.42 Å². The molecule has 148 valence electrons. The Kier molecular flexibility index (Phi) is 5.21. The third-order valence-electron chi connectivity index (χ3n) is 4.39. The number of sulfonamides is 1. The standard InChI is InChI=1S/C21H18FN3O2S2/c1-15-10-11-16(28-15)14-23-21-13-12-18-19(24-21)8-5-9-20(18)25(22)29(26,27)17-6-3-2-4-7-17/h2-13H,14H2,1H3,(H,23,24). The fourth-order valence-corrected chi connectivity index (χ4v) is 4.90. The molecule has 0 aliphatic rings. The van der Waals surface area contributed by atoms with Crippen LogP contribution >= 0.6 is 11.3 Å².